The van der Waals surface area contributed by atoms with Gasteiger partial charge in [0.15, 0.2) is 29.5 Å². The number of sulfone groups is 3. The SMILES string of the molecule is CC=CC=CCS(=O)(=O)CCC(CCS(=O)(=O)CC=CC=CC)S(=O)(=O)CC=CC=CC. The summed E-state index contributed by atoms with van der Waals surface area (Å²) < 4.78 is 74.8. The summed E-state index contributed by atoms with van der Waals surface area (Å²) in [7, 11) is -10.7. The molecule has 0 unspecified atom stereocenters. The Hall–Kier alpha value is -1.71. The number of allylic oxidation sites excluding steroid dienone is 9. The maximum absolute atomic E-state index is 12.8. The van der Waals surface area contributed by atoms with Crippen molar-refractivity contribution in [2.75, 3.05) is 28.8 Å². The molecule has 0 atom stereocenters. The lowest BCUT2D eigenvalue weighted by Gasteiger charge is -2.17. The van der Waals surface area contributed by atoms with Crippen LogP contribution in [0.5, 0.6) is 0 Å². The van der Waals surface area contributed by atoms with Crippen molar-refractivity contribution in [2.24, 2.45) is 0 Å². The van der Waals surface area contributed by atoms with Gasteiger partial charge in [-0.1, -0.05) is 72.9 Å². The molecular formula is C23H36O6S3. The molecule has 0 saturated heterocycles. The van der Waals surface area contributed by atoms with Crippen molar-refractivity contribution in [3.63, 3.8) is 0 Å². The number of hydrogen-bond donors (Lipinski definition) is 0. The van der Waals surface area contributed by atoms with Gasteiger partial charge in [0.1, 0.15) is 0 Å². The molecule has 0 radical (unpaired) electrons. The van der Waals surface area contributed by atoms with E-state index in [0.29, 0.717) is 0 Å². The highest BCUT2D eigenvalue weighted by Gasteiger charge is 2.28. The van der Waals surface area contributed by atoms with Crippen molar-refractivity contribution in [3.8, 4) is 0 Å². The molecule has 0 aromatic carbocycles. The fourth-order valence-corrected chi connectivity index (χ4v) is 6.92. The molecule has 0 aliphatic carbocycles. The van der Waals surface area contributed by atoms with Crippen molar-refractivity contribution >= 4 is 29.5 Å². The van der Waals surface area contributed by atoms with Gasteiger partial charge in [0.25, 0.3) is 0 Å². The van der Waals surface area contributed by atoms with E-state index in [0.717, 1.165) is 0 Å². The Bertz CT molecular complexity index is 965. The van der Waals surface area contributed by atoms with Crippen LogP contribution in [0.1, 0.15) is 33.6 Å². The first kappa shape index (κ1) is 30.3. The minimum Gasteiger partial charge on any atom is -0.229 e. The highest BCUT2D eigenvalue weighted by molar-refractivity contribution is 7.93. The van der Waals surface area contributed by atoms with E-state index in [2.05, 4.69) is 0 Å². The average molecular weight is 505 g/mol. The molecule has 0 heterocycles. The molecule has 0 rings (SSSR count). The molecule has 0 amide bonds. The van der Waals surface area contributed by atoms with Crippen molar-refractivity contribution < 1.29 is 25.3 Å². The third kappa shape index (κ3) is 15.2. The quantitative estimate of drug-likeness (QED) is 0.296. The van der Waals surface area contributed by atoms with Crippen molar-refractivity contribution in [3.05, 3.63) is 72.9 Å². The summed E-state index contributed by atoms with van der Waals surface area (Å²) in [5.74, 6) is -1.31. The van der Waals surface area contributed by atoms with Crippen LogP contribution < -0.4 is 0 Å². The Morgan fingerprint density at radius 2 is 0.875 bits per heavy atom. The van der Waals surface area contributed by atoms with Gasteiger partial charge in [-0.2, -0.15) is 0 Å². The summed E-state index contributed by atoms with van der Waals surface area (Å²) in [6, 6.07) is 0. The molecule has 0 aliphatic heterocycles. The number of hydrogen-bond acceptors (Lipinski definition) is 6. The van der Waals surface area contributed by atoms with Gasteiger partial charge >= 0.3 is 0 Å². The smallest absolute Gasteiger partial charge is 0.156 e. The zero-order valence-electron chi connectivity index (χ0n) is 19.1. The molecule has 32 heavy (non-hydrogen) atoms. The van der Waals surface area contributed by atoms with Crippen LogP contribution in [0.25, 0.3) is 0 Å². The second-order valence-electron chi connectivity index (χ2n) is 7.12. The van der Waals surface area contributed by atoms with Gasteiger partial charge in [-0.15, -0.1) is 0 Å². The lowest BCUT2D eigenvalue weighted by atomic mass is 10.3. The molecule has 0 fully saturated rings. The van der Waals surface area contributed by atoms with Gasteiger partial charge < -0.3 is 0 Å². The van der Waals surface area contributed by atoms with Crippen LogP contribution in [-0.4, -0.2) is 59.3 Å². The minimum atomic E-state index is -3.71. The van der Waals surface area contributed by atoms with Crippen molar-refractivity contribution in [2.45, 2.75) is 38.9 Å². The van der Waals surface area contributed by atoms with Crippen molar-refractivity contribution in [1.82, 2.24) is 0 Å². The standard InChI is InChI=1S/C23H36O6S3/c1-4-7-10-13-18-30(24,25)21-16-23(32(28,29)20-15-12-9-6-3)17-22-31(26,27)19-14-11-8-5-2/h4-15,23H,16-22H2,1-3H3. The minimum absolute atomic E-state index is 0.135. The van der Waals surface area contributed by atoms with Gasteiger partial charge in [-0.05, 0) is 33.6 Å². The average Bonchev–Trinajstić information content (AvgIpc) is 2.71. The molecular weight excluding hydrogens is 468 g/mol. The summed E-state index contributed by atoms with van der Waals surface area (Å²) in [6.07, 6.45) is 19.4. The summed E-state index contributed by atoms with van der Waals surface area (Å²) in [5, 5.41) is -1.05. The van der Waals surface area contributed by atoms with Gasteiger partial charge in [0.2, 0.25) is 0 Å². The molecule has 0 spiro atoms. The van der Waals surface area contributed by atoms with Gasteiger partial charge in [0.05, 0.1) is 34.0 Å². The van der Waals surface area contributed by atoms with Crippen molar-refractivity contribution in [1.29, 1.82) is 0 Å². The maximum Gasteiger partial charge on any atom is 0.156 e. The Balaban J connectivity index is 5.39. The van der Waals surface area contributed by atoms with E-state index >= 15 is 0 Å². The van der Waals surface area contributed by atoms with Crippen LogP contribution >= 0.6 is 0 Å². The van der Waals surface area contributed by atoms with E-state index in [1.165, 1.54) is 18.2 Å². The lowest BCUT2D eigenvalue weighted by Crippen LogP contribution is -2.29. The van der Waals surface area contributed by atoms with E-state index in [9.17, 15) is 25.3 Å². The van der Waals surface area contributed by atoms with Crippen LogP contribution in [0.3, 0.4) is 0 Å². The molecule has 0 bridgehead atoms. The Morgan fingerprint density at radius 1 is 0.531 bits per heavy atom. The van der Waals surface area contributed by atoms with Crippen LogP contribution in [0.15, 0.2) is 72.9 Å². The first-order chi connectivity index (χ1) is 15.0. The second-order valence-corrected chi connectivity index (χ2v) is 13.9. The van der Waals surface area contributed by atoms with E-state index in [1.54, 1.807) is 61.6 Å². The topological polar surface area (TPSA) is 102 Å². The molecule has 182 valence electrons. The van der Waals surface area contributed by atoms with E-state index in [4.69, 9.17) is 0 Å². The third-order valence-electron chi connectivity index (χ3n) is 4.36. The Morgan fingerprint density at radius 3 is 1.22 bits per heavy atom. The first-order valence-electron chi connectivity index (χ1n) is 10.5. The highest BCUT2D eigenvalue weighted by atomic mass is 32.2. The molecule has 0 aromatic heterocycles. The van der Waals surface area contributed by atoms with Gasteiger partial charge in [-0.25, -0.2) is 25.3 Å². The summed E-state index contributed by atoms with van der Waals surface area (Å²) in [5.41, 5.74) is 0. The second kappa shape index (κ2) is 16.0. The summed E-state index contributed by atoms with van der Waals surface area (Å²) in [6.45, 7) is 5.42. The van der Waals surface area contributed by atoms with Gasteiger partial charge in [0, 0.05) is 0 Å². The van der Waals surface area contributed by atoms with Crippen LogP contribution in [0.4, 0.5) is 0 Å². The first-order valence-corrected chi connectivity index (χ1v) is 15.8. The molecule has 9 heteroatoms. The fourth-order valence-electron chi connectivity index (χ4n) is 2.59. The van der Waals surface area contributed by atoms with Crippen LogP contribution in [-0.2, 0) is 29.5 Å². The number of rotatable bonds is 16. The van der Waals surface area contributed by atoms with E-state index in [1.807, 2.05) is 13.8 Å². The fraction of sp³-hybridized carbons (Fsp3) is 0.478. The van der Waals surface area contributed by atoms with Gasteiger partial charge in [-0.3, -0.25) is 0 Å². The predicted molar refractivity (Wildman–Crippen MR) is 136 cm³/mol. The Kier molecular flexibility index (Phi) is 15.1. The maximum atomic E-state index is 12.8. The zero-order chi connectivity index (χ0) is 24.5. The normalized spacial score (nSPS) is 15.5. The monoisotopic (exact) mass is 504 g/mol. The third-order valence-corrected chi connectivity index (χ3v) is 9.62. The van der Waals surface area contributed by atoms with Crippen LogP contribution in [0, 0.1) is 0 Å². The summed E-state index contributed by atoms with van der Waals surface area (Å²) >= 11 is 0. The predicted octanol–water partition coefficient (Wildman–Crippen LogP) is 3.78. The molecule has 0 saturated carbocycles. The Labute approximate surface area is 195 Å². The lowest BCUT2D eigenvalue weighted by molar-refractivity contribution is 0.567. The molecule has 0 aliphatic rings. The molecule has 0 aromatic rings. The highest BCUT2D eigenvalue weighted by Crippen LogP contribution is 2.16. The van der Waals surface area contributed by atoms with E-state index < -0.39 is 34.8 Å². The largest absolute Gasteiger partial charge is 0.229 e. The molecule has 6 nitrogen and oxygen atoms in total. The summed E-state index contributed by atoms with van der Waals surface area (Å²) in [4.78, 5) is 0. The van der Waals surface area contributed by atoms with E-state index in [-0.39, 0.29) is 41.6 Å². The zero-order valence-corrected chi connectivity index (χ0v) is 21.6. The van der Waals surface area contributed by atoms with Crippen LogP contribution in [0.2, 0.25) is 0 Å². The molecule has 0 N–H and O–H groups in total.